The molecule has 5 heteroatoms. The second-order valence-corrected chi connectivity index (χ2v) is 5.34. The number of pyridine rings is 1. The van der Waals surface area contributed by atoms with Crippen molar-refractivity contribution in [1.82, 2.24) is 9.88 Å². The third-order valence-electron chi connectivity index (χ3n) is 3.27. The number of likely N-dealkylation sites (N-methyl/N-ethyl adjacent to an activating group) is 1. The third kappa shape index (κ3) is 3.17. The van der Waals surface area contributed by atoms with Crippen molar-refractivity contribution in [3.63, 3.8) is 0 Å². The second kappa shape index (κ2) is 5.48. The summed E-state index contributed by atoms with van der Waals surface area (Å²) in [6.07, 6.45) is 2.44. The zero-order valence-electron chi connectivity index (χ0n) is 11.6. The molecule has 1 unspecified atom stereocenters. The Labute approximate surface area is 113 Å². The van der Waals surface area contributed by atoms with Gasteiger partial charge in [0.25, 0.3) is 0 Å². The summed E-state index contributed by atoms with van der Waals surface area (Å²) in [5, 5.41) is 2.80. The van der Waals surface area contributed by atoms with Gasteiger partial charge in [-0.2, -0.15) is 0 Å². The number of nitrogens with one attached hydrogen (secondary N) is 1. The van der Waals surface area contributed by atoms with Gasteiger partial charge in [0.05, 0.1) is 6.54 Å². The van der Waals surface area contributed by atoms with Gasteiger partial charge in [0, 0.05) is 11.6 Å². The van der Waals surface area contributed by atoms with Gasteiger partial charge in [-0.3, -0.25) is 4.79 Å². The molecule has 0 aromatic carbocycles. The minimum absolute atomic E-state index is 0.0360. The predicted molar refractivity (Wildman–Crippen MR) is 73.1 cm³/mol. The number of aldehydes is 1. The van der Waals surface area contributed by atoms with Gasteiger partial charge in [0.15, 0.2) is 0 Å². The first-order chi connectivity index (χ1) is 8.99. The summed E-state index contributed by atoms with van der Waals surface area (Å²) in [7, 11) is 3.69. The SMILES string of the molecule is Cc1cc(NC(=O)CN(C)C)nc2c1CC(C=O)C2. The fraction of sp³-hybridized carbons (Fsp3) is 0.500. The molecule has 0 bridgehead atoms. The maximum atomic E-state index is 11.7. The Morgan fingerprint density at radius 1 is 1.53 bits per heavy atom. The fourth-order valence-corrected chi connectivity index (χ4v) is 2.43. The highest BCUT2D eigenvalue weighted by atomic mass is 16.2. The Morgan fingerprint density at radius 2 is 2.26 bits per heavy atom. The van der Waals surface area contributed by atoms with E-state index >= 15 is 0 Å². The average molecular weight is 261 g/mol. The van der Waals surface area contributed by atoms with E-state index in [4.69, 9.17) is 0 Å². The molecule has 0 saturated heterocycles. The molecular formula is C14H19N3O2. The normalized spacial score (nSPS) is 17.4. The molecule has 1 heterocycles. The van der Waals surface area contributed by atoms with Crippen LogP contribution in [-0.4, -0.2) is 42.7 Å². The molecule has 5 nitrogen and oxygen atoms in total. The van der Waals surface area contributed by atoms with Gasteiger partial charge in [0.1, 0.15) is 12.1 Å². The van der Waals surface area contributed by atoms with E-state index in [0.29, 0.717) is 18.8 Å². The number of anilines is 1. The van der Waals surface area contributed by atoms with Crippen molar-refractivity contribution in [3.8, 4) is 0 Å². The van der Waals surface area contributed by atoms with Crippen molar-refractivity contribution in [3.05, 3.63) is 22.9 Å². The maximum absolute atomic E-state index is 11.7. The molecule has 1 aromatic rings. The van der Waals surface area contributed by atoms with Crippen LogP contribution in [0.5, 0.6) is 0 Å². The van der Waals surface area contributed by atoms with Crippen molar-refractivity contribution in [2.45, 2.75) is 19.8 Å². The van der Waals surface area contributed by atoms with Crippen molar-refractivity contribution in [2.24, 2.45) is 5.92 Å². The number of aryl methyl sites for hydroxylation is 1. The van der Waals surface area contributed by atoms with E-state index in [-0.39, 0.29) is 11.8 Å². The maximum Gasteiger partial charge on any atom is 0.239 e. The monoisotopic (exact) mass is 261 g/mol. The molecule has 0 radical (unpaired) electrons. The quantitative estimate of drug-likeness (QED) is 0.815. The number of aromatic nitrogens is 1. The largest absolute Gasteiger partial charge is 0.310 e. The van der Waals surface area contributed by atoms with Crippen LogP contribution in [0.4, 0.5) is 5.82 Å². The number of fused-ring (bicyclic) bond motifs is 1. The van der Waals surface area contributed by atoms with Crippen LogP contribution < -0.4 is 5.32 Å². The van der Waals surface area contributed by atoms with Crippen LogP contribution in [0.3, 0.4) is 0 Å². The van der Waals surface area contributed by atoms with Gasteiger partial charge in [0.2, 0.25) is 5.91 Å². The number of amides is 1. The van der Waals surface area contributed by atoms with Gasteiger partial charge in [-0.25, -0.2) is 4.98 Å². The van der Waals surface area contributed by atoms with E-state index < -0.39 is 0 Å². The number of carbonyl (C=O) groups is 2. The Kier molecular flexibility index (Phi) is 3.95. The molecule has 0 saturated carbocycles. The summed E-state index contributed by atoms with van der Waals surface area (Å²) in [5.74, 6) is 0.533. The molecule has 1 N–H and O–H groups in total. The molecule has 1 aliphatic carbocycles. The Morgan fingerprint density at radius 3 is 2.89 bits per heavy atom. The Balaban J connectivity index is 2.15. The van der Waals surface area contributed by atoms with Crippen molar-refractivity contribution >= 4 is 18.0 Å². The van der Waals surface area contributed by atoms with E-state index in [1.54, 1.807) is 4.90 Å². The standard InChI is InChI=1S/C14H19N3O2/c1-9-4-13(16-14(19)7-17(2)3)15-12-6-10(8-18)5-11(9)12/h4,8,10H,5-7H2,1-3H3,(H,15,16,19). The number of nitrogens with zero attached hydrogens (tertiary/aromatic N) is 2. The summed E-state index contributed by atoms with van der Waals surface area (Å²) >= 11 is 0. The van der Waals surface area contributed by atoms with Crippen molar-refractivity contribution in [2.75, 3.05) is 26.0 Å². The molecule has 2 rings (SSSR count). The lowest BCUT2D eigenvalue weighted by atomic mass is 10.1. The first kappa shape index (κ1) is 13.7. The van der Waals surface area contributed by atoms with Gasteiger partial charge in [-0.05, 0) is 51.1 Å². The topological polar surface area (TPSA) is 62.3 Å². The number of hydrogen-bond donors (Lipinski definition) is 1. The van der Waals surface area contributed by atoms with Gasteiger partial charge in [-0.15, -0.1) is 0 Å². The van der Waals surface area contributed by atoms with Crippen LogP contribution in [-0.2, 0) is 22.4 Å². The van der Waals surface area contributed by atoms with Crippen LogP contribution in [0.1, 0.15) is 16.8 Å². The molecule has 0 spiro atoms. The summed E-state index contributed by atoms with van der Waals surface area (Å²) in [4.78, 5) is 28.8. The van der Waals surface area contributed by atoms with Crippen molar-refractivity contribution < 1.29 is 9.59 Å². The lowest BCUT2D eigenvalue weighted by Crippen LogP contribution is -2.27. The van der Waals surface area contributed by atoms with Gasteiger partial charge >= 0.3 is 0 Å². The van der Waals surface area contributed by atoms with Gasteiger partial charge in [-0.1, -0.05) is 0 Å². The molecule has 0 aliphatic heterocycles. The van der Waals surface area contributed by atoms with Crippen LogP contribution in [0, 0.1) is 12.8 Å². The number of carbonyl (C=O) groups excluding carboxylic acids is 2. The molecule has 0 fully saturated rings. The average Bonchev–Trinajstić information content (AvgIpc) is 2.71. The lowest BCUT2D eigenvalue weighted by Gasteiger charge is -2.11. The minimum Gasteiger partial charge on any atom is -0.310 e. The summed E-state index contributed by atoms with van der Waals surface area (Å²) in [6.45, 7) is 2.32. The molecule has 1 aliphatic rings. The summed E-state index contributed by atoms with van der Waals surface area (Å²) < 4.78 is 0. The highest BCUT2D eigenvalue weighted by Gasteiger charge is 2.24. The Hall–Kier alpha value is -1.75. The lowest BCUT2D eigenvalue weighted by molar-refractivity contribution is -0.116. The second-order valence-electron chi connectivity index (χ2n) is 5.34. The molecule has 102 valence electrons. The van der Waals surface area contributed by atoms with Gasteiger partial charge < -0.3 is 15.0 Å². The minimum atomic E-state index is -0.0817. The first-order valence-corrected chi connectivity index (χ1v) is 6.39. The van der Waals surface area contributed by atoms with E-state index in [0.717, 1.165) is 29.5 Å². The zero-order chi connectivity index (χ0) is 14.0. The summed E-state index contributed by atoms with van der Waals surface area (Å²) in [6, 6.07) is 1.87. The highest BCUT2D eigenvalue weighted by Crippen LogP contribution is 2.28. The highest BCUT2D eigenvalue weighted by molar-refractivity contribution is 5.91. The van der Waals surface area contributed by atoms with E-state index in [9.17, 15) is 9.59 Å². The van der Waals surface area contributed by atoms with Crippen LogP contribution >= 0.6 is 0 Å². The van der Waals surface area contributed by atoms with E-state index in [2.05, 4.69) is 10.3 Å². The molecule has 1 amide bonds. The molecular weight excluding hydrogens is 242 g/mol. The van der Waals surface area contributed by atoms with Crippen LogP contribution in [0.2, 0.25) is 0 Å². The molecule has 1 aromatic heterocycles. The Bertz CT molecular complexity index is 512. The number of rotatable bonds is 4. The van der Waals surface area contributed by atoms with Crippen LogP contribution in [0.15, 0.2) is 6.07 Å². The van der Waals surface area contributed by atoms with E-state index in [1.165, 1.54) is 0 Å². The van der Waals surface area contributed by atoms with Crippen LogP contribution in [0.25, 0.3) is 0 Å². The van der Waals surface area contributed by atoms with E-state index in [1.807, 2.05) is 27.1 Å². The zero-order valence-corrected chi connectivity index (χ0v) is 11.6. The fourth-order valence-electron chi connectivity index (χ4n) is 2.43. The summed E-state index contributed by atoms with van der Waals surface area (Å²) in [5.41, 5.74) is 3.19. The molecule has 19 heavy (non-hydrogen) atoms. The smallest absolute Gasteiger partial charge is 0.239 e. The predicted octanol–water partition coefficient (Wildman–Crippen LogP) is 0.804. The first-order valence-electron chi connectivity index (χ1n) is 6.39. The van der Waals surface area contributed by atoms with Crippen molar-refractivity contribution in [1.29, 1.82) is 0 Å². The third-order valence-corrected chi connectivity index (χ3v) is 3.27. The number of hydrogen-bond acceptors (Lipinski definition) is 4. The molecule has 1 atom stereocenters.